The first kappa shape index (κ1) is 14.9. The Balaban J connectivity index is 1.51. The Morgan fingerprint density at radius 1 is 1.18 bits per heavy atom. The summed E-state index contributed by atoms with van der Waals surface area (Å²) >= 11 is 0. The van der Waals surface area contributed by atoms with Crippen molar-refractivity contribution in [1.29, 1.82) is 0 Å². The second-order valence-electron chi connectivity index (χ2n) is 6.14. The molecule has 0 heterocycles. The van der Waals surface area contributed by atoms with Gasteiger partial charge in [0.1, 0.15) is 0 Å². The van der Waals surface area contributed by atoms with Crippen LogP contribution in [-0.2, 0) is 11.2 Å². The zero-order chi connectivity index (χ0) is 15.5. The van der Waals surface area contributed by atoms with E-state index in [0.29, 0.717) is 42.2 Å². The first-order valence-corrected chi connectivity index (χ1v) is 7.88. The third-order valence-corrected chi connectivity index (χ3v) is 4.71. The largest absolute Gasteiger partial charge is 0.493 e. The molecule has 0 spiro atoms. The number of hydrogen-bond donors (Lipinski definition) is 1. The molecule has 0 saturated heterocycles. The summed E-state index contributed by atoms with van der Waals surface area (Å²) in [5.74, 6) is 2.79. The molecular formula is C18H23NO3. The van der Waals surface area contributed by atoms with E-state index in [1.807, 2.05) is 18.2 Å². The van der Waals surface area contributed by atoms with Crippen molar-refractivity contribution in [2.75, 3.05) is 14.2 Å². The molecule has 0 radical (unpaired) electrons. The van der Waals surface area contributed by atoms with E-state index in [1.54, 1.807) is 14.2 Å². The van der Waals surface area contributed by atoms with Crippen LogP contribution in [0.3, 0.4) is 0 Å². The lowest BCUT2D eigenvalue weighted by atomic mass is 10.0. The summed E-state index contributed by atoms with van der Waals surface area (Å²) in [6, 6.07) is 6.14. The molecule has 1 amide bonds. The van der Waals surface area contributed by atoms with E-state index in [4.69, 9.17) is 9.47 Å². The van der Waals surface area contributed by atoms with E-state index in [2.05, 4.69) is 17.5 Å². The molecule has 1 N–H and O–H groups in total. The number of amides is 1. The summed E-state index contributed by atoms with van der Waals surface area (Å²) in [4.78, 5) is 12.1. The van der Waals surface area contributed by atoms with Gasteiger partial charge in [-0.15, -0.1) is 0 Å². The van der Waals surface area contributed by atoms with E-state index >= 15 is 0 Å². The molecule has 0 aliphatic heterocycles. The Labute approximate surface area is 131 Å². The number of fused-ring (bicyclic) bond motifs is 2. The summed E-state index contributed by atoms with van der Waals surface area (Å²) in [6.07, 6.45) is 8.07. The summed E-state index contributed by atoms with van der Waals surface area (Å²) in [5.41, 5.74) is 1.08. The first-order valence-electron chi connectivity index (χ1n) is 7.88. The molecular weight excluding hydrogens is 278 g/mol. The Morgan fingerprint density at radius 3 is 2.64 bits per heavy atom. The maximum Gasteiger partial charge on any atom is 0.220 e. The van der Waals surface area contributed by atoms with Crippen molar-refractivity contribution in [3.63, 3.8) is 0 Å². The zero-order valence-corrected chi connectivity index (χ0v) is 13.2. The highest BCUT2D eigenvalue weighted by Crippen LogP contribution is 2.39. The average molecular weight is 301 g/mol. The Morgan fingerprint density at radius 2 is 2.00 bits per heavy atom. The molecule has 1 aromatic rings. The molecule has 2 aliphatic rings. The van der Waals surface area contributed by atoms with E-state index < -0.39 is 0 Å². The van der Waals surface area contributed by atoms with Crippen LogP contribution in [-0.4, -0.2) is 26.2 Å². The fourth-order valence-corrected chi connectivity index (χ4v) is 3.52. The van der Waals surface area contributed by atoms with Gasteiger partial charge in [-0.05, 0) is 48.8 Å². The molecule has 2 aliphatic carbocycles. The molecule has 0 aromatic heterocycles. The van der Waals surface area contributed by atoms with Crippen LogP contribution < -0.4 is 14.8 Å². The van der Waals surface area contributed by atoms with Crippen molar-refractivity contribution >= 4 is 5.91 Å². The van der Waals surface area contributed by atoms with E-state index in [9.17, 15) is 4.79 Å². The SMILES string of the molecule is COc1ccc(CCC(=O)NC2CC3C=CC2C3)cc1OC. The van der Waals surface area contributed by atoms with Crippen LogP contribution in [0.15, 0.2) is 30.4 Å². The van der Waals surface area contributed by atoms with Crippen molar-refractivity contribution < 1.29 is 14.3 Å². The predicted octanol–water partition coefficient (Wildman–Crippen LogP) is 2.72. The van der Waals surface area contributed by atoms with Crippen molar-refractivity contribution in [3.05, 3.63) is 35.9 Å². The average Bonchev–Trinajstić information content (AvgIpc) is 3.15. The van der Waals surface area contributed by atoms with E-state index in [-0.39, 0.29) is 5.91 Å². The van der Waals surface area contributed by atoms with Crippen LogP contribution in [0.5, 0.6) is 11.5 Å². The summed E-state index contributed by atoms with van der Waals surface area (Å²) in [5, 5.41) is 3.19. The van der Waals surface area contributed by atoms with Crippen LogP contribution in [0.2, 0.25) is 0 Å². The highest BCUT2D eigenvalue weighted by molar-refractivity contribution is 5.76. The van der Waals surface area contributed by atoms with Crippen LogP contribution in [0.1, 0.15) is 24.8 Å². The van der Waals surface area contributed by atoms with Gasteiger partial charge in [-0.3, -0.25) is 4.79 Å². The van der Waals surface area contributed by atoms with Crippen molar-refractivity contribution in [2.45, 2.75) is 31.7 Å². The second-order valence-corrected chi connectivity index (χ2v) is 6.14. The highest BCUT2D eigenvalue weighted by Gasteiger charge is 2.36. The molecule has 4 nitrogen and oxygen atoms in total. The summed E-state index contributed by atoms with van der Waals surface area (Å²) in [6.45, 7) is 0. The fraction of sp³-hybridized carbons (Fsp3) is 0.500. The minimum absolute atomic E-state index is 0.140. The Kier molecular flexibility index (Phi) is 4.36. The van der Waals surface area contributed by atoms with Gasteiger partial charge in [-0.25, -0.2) is 0 Å². The van der Waals surface area contributed by atoms with Gasteiger partial charge in [0.05, 0.1) is 14.2 Å². The Bertz CT molecular complexity index is 582. The number of nitrogens with one attached hydrogen (secondary N) is 1. The minimum atomic E-state index is 0.140. The molecule has 1 saturated carbocycles. The number of ether oxygens (including phenoxy) is 2. The van der Waals surface area contributed by atoms with Gasteiger partial charge in [-0.1, -0.05) is 18.2 Å². The van der Waals surface area contributed by atoms with Gasteiger partial charge >= 0.3 is 0 Å². The summed E-state index contributed by atoms with van der Waals surface area (Å²) in [7, 11) is 3.24. The van der Waals surface area contributed by atoms with Crippen LogP contribution >= 0.6 is 0 Å². The maximum atomic E-state index is 12.1. The molecule has 1 aromatic carbocycles. The Hall–Kier alpha value is -1.97. The zero-order valence-electron chi connectivity index (χ0n) is 13.2. The fourth-order valence-electron chi connectivity index (χ4n) is 3.52. The maximum absolute atomic E-state index is 12.1. The monoisotopic (exact) mass is 301 g/mol. The number of aryl methyl sites for hydroxylation is 1. The van der Waals surface area contributed by atoms with Crippen molar-refractivity contribution in [3.8, 4) is 11.5 Å². The standard InChI is InChI=1S/C18H23NO3/c1-21-16-7-4-12(11-17(16)22-2)5-8-18(20)19-15-10-13-3-6-14(15)9-13/h3-4,6-7,11,13-15H,5,8-10H2,1-2H3,(H,19,20). The van der Waals surface area contributed by atoms with Crippen molar-refractivity contribution in [1.82, 2.24) is 5.32 Å². The minimum Gasteiger partial charge on any atom is -0.493 e. The number of carbonyl (C=O) groups excluding carboxylic acids is 1. The smallest absolute Gasteiger partial charge is 0.220 e. The van der Waals surface area contributed by atoms with E-state index in [0.717, 1.165) is 12.0 Å². The molecule has 3 rings (SSSR count). The van der Waals surface area contributed by atoms with E-state index in [1.165, 1.54) is 6.42 Å². The molecule has 3 unspecified atom stereocenters. The molecule has 3 atom stereocenters. The molecule has 2 bridgehead atoms. The number of benzene rings is 1. The quantitative estimate of drug-likeness (QED) is 0.822. The highest BCUT2D eigenvalue weighted by atomic mass is 16.5. The summed E-state index contributed by atoms with van der Waals surface area (Å²) < 4.78 is 10.5. The lowest BCUT2D eigenvalue weighted by Crippen LogP contribution is -2.37. The predicted molar refractivity (Wildman–Crippen MR) is 85.2 cm³/mol. The lowest BCUT2D eigenvalue weighted by molar-refractivity contribution is -0.121. The van der Waals surface area contributed by atoms with Crippen molar-refractivity contribution in [2.24, 2.45) is 11.8 Å². The second kappa shape index (κ2) is 6.42. The van der Waals surface area contributed by atoms with Gasteiger partial charge in [0.15, 0.2) is 11.5 Å². The van der Waals surface area contributed by atoms with Crippen LogP contribution in [0.4, 0.5) is 0 Å². The van der Waals surface area contributed by atoms with Crippen LogP contribution in [0.25, 0.3) is 0 Å². The number of hydrogen-bond acceptors (Lipinski definition) is 3. The number of carbonyl (C=O) groups is 1. The number of methoxy groups -OCH3 is 2. The van der Waals surface area contributed by atoms with Gasteiger partial charge < -0.3 is 14.8 Å². The molecule has 1 fully saturated rings. The van der Waals surface area contributed by atoms with Crippen LogP contribution in [0, 0.1) is 11.8 Å². The first-order chi connectivity index (χ1) is 10.7. The molecule has 4 heteroatoms. The number of allylic oxidation sites excluding steroid dienone is 1. The van der Waals surface area contributed by atoms with Gasteiger partial charge in [0.25, 0.3) is 0 Å². The van der Waals surface area contributed by atoms with Gasteiger partial charge in [0.2, 0.25) is 5.91 Å². The van der Waals surface area contributed by atoms with Gasteiger partial charge in [0, 0.05) is 12.5 Å². The van der Waals surface area contributed by atoms with Gasteiger partial charge in [-0.2, -0.15) is 0 Å². The molecule has 22 heavy (non-hydrogen) atoms. The topological polar surface area (TPSA) is 47.6 Å². The lowest BCUT2D eigenvalue weighted by Gasteiger charge is -2.19. The number of rotatable bonds is 6. The molecule has 118 valence electrons. The normalized spacial score (nSPS) is 25.3. The third-order valence-electron chi connectivity index (χ3n) is 4.71. The third kappa shape index (κ3) is 3.11.